The zero-order chi connectivity index (χ0) is 34.6. The molecule has 0 aromatic heterocycles. The van der Waals surface area contributed by atoms with Crippen LogP contribution in [-0.4, -0.2) is 37.2 Å². The average molecular weight is 667 g/mol. The van der Waals surface area contributed by atoms with E-state index in [2.05, 4.69) is 27.7 Å². The van der Waals surface area contributed by atoms with Crippen molar-refractivity contribution in [2.45, 2.75) is 226 Å². The Labute approximate surface area is 291 Å². The Morgan fingerprint density at radius 2 is 0.702 bits per heavy atom. The highest BCUT2D eigenvalue weighted by Crippen LogP contribution is 2.15. The zero-order valence-electron chi connectivity index (χ0n) is 31.7. The third-order valence-corrected chi connectivity index (χ3v) is 9.04. The van der Waals surface area contributed by atoms with Crippen LogP contribution in [0.5, 0.6) is 0 Å². The summed E-state index contributed by atoms with van der Waals surface area (Å²) in [5, 5.41) is 0. The summed E-state index contributed by atoms with van der Waals surface area (Å²) >= 11 is 0. The molecule has 0 saturated carbocycles. The molecule has 0 radical (unpaired) electrons. The fraction of sp³-hybridized carbons (Fsp3) is 0.927. The van der Waals surface area contributed by atoms with Gasteiger partial charge in [0.2, 0.25) is 0 Å². The molecule has 0 spiro atoms. The van der Waals surface area contributed by atoms with Gasteiger partial charge >= 0.3 is 17.9 Å². The summed E-state index contributed by atoms with van der Waals surface area (Å²) < 4.78 is 16.6. The van der Waals surface area contributed by atoms with Crippen molar-refractivity contribution in [2.24, 2.45) is 5.92 Å². The predicted octanol–water partition coefficient (Wildman–Crippen LogP) is 12.4. The normalized spacial score (nSPS) is 11.9. The topological polar surface area (TPSA) is 78.9 Å². The van der Waals surface area contributed by atoms with Crippen molar-refractivity contribution in [1.82, 2.24) is 0 Å². The van der Waals surface area contributed by atoms with Crippen LogP contribution in [0.3, 0.4) is 0 Å². The monoisotopic (exact) mass is 667 g/mol. The Kier molecular flexibility index (Phi) is 34.5. The molecule has 0 N–H and O–H groups in total. The van der Waals surface area contributed by atoms with Crippen LogP contribution in [0.1, 0.15) is 220 Å². The van der Waals surface area contributed by atoms with Crippen LogP contribution < -0.4 is 0 Å². The van der Waals surface area contributed by atoms with Crippen molar-refractivity contribution >= 4 is 17.9 Å². The number of ether oxygens (including phenoxy) is 3. The van der Waals surface area contributed by atoms with Gasteiger partial charge < -0.3 is 14.2 Å². The molecule has 6 heteroatoms. The first-order valence-electron chi connectivity index (χ1n) is 20.4. The molecule has 0 fully saturated rings. The molecule has 0 saturated heterocycles. The van der Waals surface area contributed by atoms with Crippen LogP contribution in [0, 0.1) is 5.92 Å². The second-order valence-corrected chi connectivity index (χ2v) is 14.4. The number of rotatable bonds is 36. The van der Waals surface area contributed by atoms with Gasteiger partial charge in [0, 0.05) is 19.3 Å². The van der Waals surface area contributed by atoms with E-state index in [1.54, 1.807) is 0 Å². The van der Waals surface area contributed by atoms with Crippen molar-refractivity contribution < 1.29 is 28.6 Å². The summed E-state index contributed by atoms with van der Waals surface area (Å²) in [6, 6.07) is 0. The molecular formula is C41H78O6. The standard InChI is InChI=1S/C41H78O6/c1-5-7-9-11-13-15-16-18-20-25-29-33-40(43)46-36-38(47-41(44)34-30-26-22-21-23-27-31-37(3)4)35-45-39(42)32-28-24-19-17-14-12-10-8-6-2/h37-38H,5-36H2,1-4H3/t38-/m1/s1. The van der Waals surface area contributed by atoms with Gasteiger partial charge in [0.25, 0.3) is 0 Å². The Morgan fingerprint density at radius 3 is 1.04 bits per heavy atom. The van der Waals surface area contributed by atoms with Gasteiger partial charge in [0.15, 0.2) is 6.10 Å². The summed E-state index contributed by atoms with van der Waals surface area (Å²) in [6.45, 7) is 8.87. The minimum absolute atomic E-state index is 0.0657. The van der Waals surface area contributed by atoms with Gasteiger partial charge in [-0.15, -0.1) is 0 Å². The molecule has 0 aromatic rings. The lowest BCUT2D eigenvalue weighted by Gasteiger charge is -2.18. The number of esters is 3. The van der Waals surface area contributed by atoms with Gasteiger partial charge in [-0.2, -0.15) is 0 Å². The summed E-state index contributed by atoms with van der Waals surface area (Å²) in [5.74, 6) is -0.110. The fourth-order valence-electron chi connectivity index (χ4n) is 5.92. The van der Waals surface area contributed by atoms with Gasteiger partial charge in [-0.3, -0.25) is 14.4 Å². The molecule has 0 aliphatic rings. The van der Waals surface area contributed by atoms with Crippen LogP contribution in [0.2, 0.25) is 0 Å². The third-order valence-electron chi connectivity index (χ3n) is 9.04. The van der Waals surface area contributed by atoms with Gasteiger partial charge in [0.1, 0.15) is 13.2 Å². The quantitative estimate of drug-likeness (QED) is 0.0376. The first-order chi connectivity index (χ1) is 22.9. The summed E-state index contributed by atoms with van der Waals surface area (Å²) in [6.07, 6.45) is 32.4. The van der Waals surface area contributed by atoms with Gasteiger partial charge in [-0.25, -0.2) is 0 Å². The molecule has 0 aliphatic carbocycles. The van der Waals surface area contributed by atoms with Crippen molar-refractivity contribution in [2.75, 3.05) is 13.2 Å². The Hall–Kier alpha value is -1.59. The first kappa shape index (κ1) is 45.4. The van der Waals surface area contributed by atoms with Crippen LogP contribution in [0.15, 0.2) is 0 Å². The molecular weight excluding hydrogens is 588 g/mol. The number of carbonyl (C=O) groups is 3. The summed E-state index contributed by atoms with van der Waals surface area (Å²) in [7, 11) is 0. The zero-order valence-corrected chi connectivity index (χ0v) is 31.7. The highest BCUT2D eigenvalue weighted by atomic mass is 16.6. The summed E-state index contributed by atoms with van der Waals surface area (Å²) in [4.78, 5) is 37.4. The molecule has 0 heterocycles. The number of hydrogen-bond acceptors (Lipinski definition) is 6. The SMILES string of the molecule is CCCCCCCCCCCCCC(=O)OC[C@@H](COC(=O)CCCCCCCCCCC)OC(=O)CCCCCCCCC(C)C. The van der Waals surface area contributed by atoms with Crippen LogP contribution in [-0.2, 0) is 28.6 Å². The lowest BCUT2D eigenvalue weighted by molar-refractivity contribution is -0.167. The molecule has 278 valence electrons. The van der Waals surface area contributed by atoms with Crippen LogP contribution >= 0.6 is 0 Å². The molecule has 47 heavy (non-hydrogen) atoms. The minimum Gasteiger partial charge on any atom is -0.462 e. The second kappa shape index (κ2) is 35.7. The van der Waals surface area contributed by atoms with E-state index in [0.29, 0.717) is 19.3 Å². The largest absolute Gasteiger partial charge is 0.462 e. The molecule has 0 bridgehead atoms. The van der Waals surface area contributed by atoms with E-state index in [1.165, 1.54) is 116 Å². The van der Waals surface area contributed by atoms with Gasteiger partial charge in [-0.1, -0.05) is 182 Å². The van der Waals surface area contributed by atoms with Crippen molar-refractivity contribution in [3.8, 4) is 0 Å². The van der Waals surface area contributed by atoms with E-state index in [4.69, 9.17) is 14.2 Å². The average Bonchev–Trinajstić information content (AvgIpc) is 3.05. The highest BCUT2D eigenvalue weighted by molar-refractivity contribution is 5.71. The Bertz CT molecular complexity index is 706. The molecule has 1 atom stereocenters. The molecule has 0 unspecified atom stereocenters. The van der Waals surface area contributed by atoms with E-state index in [-0.39, 0.29) is 31.1 Å². The lowest BCUT2D eigenvalue weighted by Crippen LogP contribution is -2.30. The van der Waals surface area contributed by atoms with E-state index in [1.807, 2.05) is 0 Å². The maximum absolute atomic E-state index is 12.6. The van der Waals surface area contributed by atoms with Gasteiger partial charge in [0.05, 0.1) is 0 Å². The fourth-order valence-corrected chi connectivity index (χ4v) is 5.92. The van der Waals surface area contributed by atoms with E-state index < -0.39 is 6.10 Å². The van der Waals surface area contributed by atoms with Crippen molar-refractivity contribution in [3.63, 3.8) is 0 Å². The Morgan fingerprint density at radius 1 is 0.404 bits per heavy atom. The van der Waals surface area contributed by atoms with E-state index in [9.17, 15) is 14.4 Å². The van der Waals surface area contributed by atoms with Crippen molar-refractivity contribution in [3.05, 3.63) is 0 Å². The number of carbonyl (C=O) groups excluding carboxylic acids is 3. The molecule has 0 amide bonds. The third kappa shape index (κ3) is 35.5. The smallest absolute Gasteiger partial charge is 0.306 e. The molecule has 0 aromatic carbocycles. The van der Waals surface area contributed by atoms with E-state index in [0.717, 1.165) is 63.7 Å². The van der Waals surface area contributed by atoms with Crippen LogP contribution in [0.4, 0.5) is 0 Å². The Balaban J connectivity index is 4.34. The minimum atomic E-state index is -0.758. The highest BCUT2D eigenvalue weighted by Gasteiger charge is 2.19. The molecule has 6 nitrogen and oxygen atoms in total. The van der Waals surface area contributed by atoms with Crippen molar-refractivity contribution in [1.29, 1.82) is 0 Å². The first-order valence-corrected chi connectivity index (χ1v) is 20.4. The maximum Gasteiger partial charge on any atom is 0.306 e. The molecule has 0 aliphatic heterocycles. The summed E-state index contributed by atoms with van der Waals surface area (Å²) in [5.41, 5.74) is 0. The maximum atomic E-state index is 12.6. The number of unbranched alkanes of at least 4 members (excludes halogenated alkanes) is 23. The van der Waals surface area contributed by atoms with Crippen LogP contribution in [0.25, 0.3) is 0 Å². The lowest BCUT2D eigenvalue weighted by atomic mass is 10.0. The van der Waals surface area contributed by atoms with E-state index >= 15 is 0 Å². The van der Waals surface area contributed by atoms with Gasteiger partial charge in [-0.05, 0) is 25.2 Å². The molecule has 0 rings (SSSR count). The predicted molar refractivity (Wildman–Crippen MR) is 196 cm³/mol. The second-order valence-electron chi connectivity index (χ2n) is 14.4. The number of hydrogen-bond donors (Lipinski definition) is 0.